The van der Waals surface area contributed by atoms with Gasteiger partial charge in [0.25, 0.3) is 0 Å². The second kappa shape index (κ2) is 7.38. The van der Waals surface area contributed by atoms with Gasteiger partial charge in [0.15, 0.2) is 0 Å². The van der Waals surface area contributed by atoms with Gasteiger partial charge in [0, 0.05) is 19.1 Å². The fraction of sp³-hybridized carbons (Fsp3) is 1.00. The molecule has 1 atom stereocenters. The maximum Gasteiger partial charge on any atom is 0.0195 e. The smallest absolute Gasteiger partial charge is 0.0195 e. The van der Waals surface area contributed by atoms with E-state index in [0.717, 1.165) is 12.0 Å². The van der Waals surface area contributed by atoms with Crippen molar-refractivity contribution < 1.29 is 0 Å². The van der Waals surface area contributed by atoms with Crippen LogP contribution in [0.25, 0.3) is 0 Å². The molecule has 1 saturated heterocycles. The second-order valence-corrected chi connectivity index (χ2v) is 6.06. The van der Waals surface area contributed by atoms with Crippen molar-refractivity contribution in [1.29, 1.82) is 0 Å². The van der Waals surface area contributed by atoms with Gasteiger partial charge in [-0.3, -0.25) is 0 Å². The first-order valence-corrected chi connectivity index (χ1v) is 7.84. The van der Waals surface area contributed by atoms with E-state index in [4.69, 9.17) is 0 Å². The first-order valence-electron chi connectivity index (χ1n) is 7.84. The average molecular weight is 238 g/mol. The monoisotopic (exact) mass is 238 g/mol. The Balaban J connectivity index is 1.74. The van der Waals surface area contributed by atoms with Crippen LogP contribution >= 0.6 is 0 Å². The van der Waals surface area contributed by atoms with Gasteiger partial charge in [0.1, 0.15) is 0 Å². The van der Waals surface area contributed by atoms with Crippen LogP contribution in [0, 0.1) is 5.92 Å². The van der Waals surface area contributed by atoms with E-state index in [1.165, 1.54) is 77.5 Å². The highest BCUT2D eigenvalue weighted by Gasteiger charge is 2.21. The predicted molar refractivity (Wildman–Crippen MR) is 74.3 cm³/mol. The van der Waals surface area contributed by atoms with Crippen LogP contribution in [0.2, 0.25) is 0 Å². The van der Waals surface area contributed by atoms with Gasteiger partial charge in [-0.25, -0.2) is 0 Å². The Morgan fingerprint density at radius 1 is 1.00 bits per heavy atom. The molecule has 2 aliphatic rings. The molecule has 0 radical (unpaired) electrons. The Bertz CT molecular complexity index is 193. The molecule has 1 unspecified atom stereocenters. The van der Waals surface area contributed by atoms with Crippen molar-refractivity contribution in [3.63, 3.8) is 0 Å². The lowest BCUT2D eigenvalue weighted by atomic mass is 9.89. The summed E-state index contributed by atoms with van der Waals surface area (Å²) in [6.07, 6.45) is 11.5. The molecule has 1 aliphatic heterocycles. The summed E-state index contributed by atoms with van der Waals surface area (Å²) in [6.45, 7) is 7.52. The van der Waals surface area contributed by atoms with Gasteiger partial charge >= 0.3 is 0 Å². The van der Waals surface area contributed by atoms with Crippen molar-refractivity contribution in [2.24, 2.45) is 5.92 Å². The third kappa shape index (κ3) is 4.59. The molecule has 0 aromatic carbocycles. The third-order valence-electron chi connectivity index (χ3n) is 4.42. The summed E-state index contributed by atoms with van der Waals surface area (Å²) < 4.78 is 0. The summed E-state index contributed by atoms with van der Waals surface area (Å²) in [4.78, 5) is 2.74. The topological polar surface area (TPSA) is 15.3 Å². The number of nitrogens with one attached hydrogen (secondary N) is 1. The summed E-state index contributed by atoms with van der Waals surface area (Å²) in [6, 6.07) is 0.783. The molecular weight excluding hydrogens is 208 g/mol. The lowest BCUT2D eigenvalue weighted by Gasteiger charge is -2.31. The molecule has 0 spiro atoms. The molecule has 1 heterocycles. The van der Waals surface area contributed by atoms with Crippen LogP contribution < -0.4 is 5.32 Å². The van der Waals surface area contributed by atoms with Crippen LogP contribution in [0.15, 0.2) is 0 Å². The Morgan fingerprint density at radius 3 is 2.47 bits per heavy atom. The minimum absolute atomic E-state index is 0.783. The van der Waals surface area contributed by atoms with Gasteiger partial charge in [0.05, 0.1) is 0 Å². The van der Waals surface area contributed by atoms with Crippen LogP contribution in [0.4, 0.5) is 0 Å². The normalized spacial score (nSPS) is 26.8. The highest BCUT2D eigenvalue weighted by molar-refractivity contribution is 4.79. The number of nitrogens with zero attached hydrogens (tertiary/aromatic N) is 1. The quantitative estimate of drug-likeness (QED) is 0.765. The van der Waals surface area contributed by atoms with Crippen LogP contribution in [0.5, 0.6) is 0 Å². The summed E-state index contributed by atoms with van der Waals surface area (Å²) in [5, 5.41) is 3.64. The fourth-order valence-corrected chi connectivity index (χ4v) is 3.53. The molecule has 2 heteroatoms. The van der Waals surface area contributed by atoms with E-state index in [2.05, 4.69) is 17.1 Å². The van der Waals surface area contributed by atoms with Crippen molar-refractivity contribution in [3.8, 4) is 0 Å². The first-order chi connectivity index (χ1) is 8.38. The molecule has 1 N–H and O–H groups in total. The van der Waals surface area contributed by atoms with Gasteiger partial charge in [-0.15, -0.1) is 0 Å². The molecule has 1 aliphatic carbocycles. The summed E-state index contributed by atoms with van der Waals surface area (Å²) in [5.41, 5.74) is 0. The van der Waals surface area contributed by atoms with Crippen LogP contribution in [-0.2, 0) is 0 Å². The van der Waals surface area contributed by atoms with E-state index in [0.29, 0.717) is 0 Å². The predicted octanol–water partition coefficient (Wildman–Crippen LogP) is 3.03. The zero-order chi connectivity index (χ0) is 11.9. The van der Waals surface area contributed by atoms with Crippen molar-refractivity contribution in [3.05, 3.63) is 0 Å². The lowest BCUT2D eigenvalue weighted by Crippen LogP contribution is -2.40. The van der Waals surface area contributed by atoms with Crippen molar-refractivity contribution in [2.45, 2.75) is 64.3 Å². The van der Waals surface area contributed by atoms with Gasteiger partial charge < -0.3 is 10.2 Å². The van der Waals surface area contributed by atoms with Crippen molar-refractivity contribution in [1.82, 2.24) is 10.2 Å². The van der Waals surface area contributed by atoms with Crippen molar-refractivity contribution >= 4 is 0 Å². The molecule has 0 bridgehead atoms. The van der Waals surface area contributed by atoms with E-state index >= 15 is 0 Å². The Kier molecular flexibility index (Phi) is 5.79. The van der Waals surface area contributed by atoms with E-state index in [1.807, 2.05) is 0 Å². The van der Waals surface area contributed by atoms with Gasteiger partial charge in [0.2, 0.25) is 0 Å². The van der Waals surface area contributed by atoms with E-state index < -0.39 is 0 Å². The molecule has 1 saturated carbocycles. The molecule has 0 amide bonds. The lowest BCUT2D eigenvalue weighted by molar-refractivity contribution is 0.187. The van der Waals surface area contributed by atoms with Crippen LogP contribution in [0.3, 0.4) is 0 Å². The highest BCUT2D eigenvalue weighted by atomic mass is 15.2. The molecule has 17 heavy (non-hydrogen) atoms. The van der Waals surface area contributed by atoms with E-state index in [-0.39, 0.29) is 0 Å². The Hall–Kier alpha value is -0.0800. The summed E-state index contributed by atoms with van der Waals surface area (Å²) in [7, 11) is 0. The van der Waals surface area contributed by atoms with Crippen LogP contribution in [0.1, 0.15) is 58.3 Å². The minimum atomic E-state index is 0.783. The second-order valence-electron chi connectivity index (χ2n) is 6.06. The van der Waals surface area contributed by atoms with E-state index in [9.17, 15) is 0 Å². The maximum absolute atomic E-state index is 3.64. The van der Waals surface area contributed by atoms with Gasteiger partial charge in [-0.1, -0.05) is 26.2 Å². The summed E-state index contributed by atoms with van der Waals surface area (Å²) >= 11 is 0. The highest BCUT2D eigenvalue weighted by Crippen LogP contribution is 2.24. The zero-order valence-electron chi connectivity index (χ0n) is 11.6. The maximum atomic E-state index is 3.64. The molecule has 2 fully saturated rings. The molecule has 0 aromatic heterocycles. The third-order valence-corrected chi connectivity index (χ3v) is 4.42. The average Bonchev–Trinajstić information content (AvgIpc) is 2.83. The SMILES string of the molecule is CCCN(CC1CCCCC1)CC1CCCN1. The minimum Gasteiger partial charge on any atom is -0.313 e. The Labute approximate surface area is 107 Å². The number of rotatable bonds is 6. The van der Waals surface area contributed by atoms with E-state index in [1.54, 1.807) is 0 Å². The standard InChI is InChI=1S/C15H30N2/c1-2-11-17(13-15-9-6-10-16-15)12-14-7-4-3-5-8-14/h14-16H,2-13H2,1H3. The Morgan fingerprint density at radius 2 is 1.82 bits per heavy atom. The molecule has 2 nitrogen and oxygen atoms in total. The number of hydrogen-bond acceptors (Lipinski definition) is 2. The van der Waals surface area contributed by atoms with Crippen LogP contribution in [-0.4, -0.2) is 37.1 Å². The van der Waals surface area contributed by atoms with Crippen molar-refractivity contribution in [2.75, 3.05) is 26.2 Å². The molecule has 2 rings (SSSR count). The number of hydrogen-bond donors (Lipinski definition) is 1. The largest absolute Gasteiger partial charge is 0.313 e. The van der Waals surface area contributed by atoms with Gasteiger partial charge in [-0.2, -0.15) is 0 Å². The molecule has 100 valence electrons. The zero-order valence-corrected chi connectivity index (χ0v) is 11.6. The summed E-state index contributed by atoms with van der Waals surface area (Å²) in [5.74, 6) is 0.997. The molecule has 0 aromatic rings. The first kappa shape index (κ1) is 13.4. The molecular formula is C15H30N2. The van der Waals surface area contributed by atoms with Gasteiger partial charge in [-0.05, 0) is 51.1 Å². The fourth-order valence-electron chi connectivity index (χ4n) is 3.53.